The summed E-state index contributed by atoms with van der Waals surface area (Å²) in [5, 5.41) is 9.23. The molecule has 0 fully saturated rings. The number of hydrogen-bond acceptors (Lipinski definition) is 4. The molecule has 28 heavy (non-hydrogen) atoms. The minimum atomic E-state index is -0.543. The number of ether oxygens (including phenoxy) is 2. The Labute approximate surface area is 174 Å². The van der Waals surface area contributed by atoms with E-state index >= 15 is 0 Å². The number of aliphatic hydroxyl groups excluding tert-OH is 1. The van der Waals surface area contributed by atoms with E-state index in [1.165, 1.54) is 70.6 Å². The fourth-order valence-electron chi connectivity index (χ4n) is 3.01. The predicted octanol–water partition coefficient (Wildman–Crippen LogP) is 6.35. The van der Waals surface area contributed by atoms with Crippen molar-refractivity contribution in [3.63, 3.8) is 0 Å². The van der Waals surface area contributed by atoms with Crippen LogP contribution in [0.3, 0.4) is 0 Å². The standard InChI is InChI=1S/C24H46O4/c1-4-5-6-7-8-9-10-11-12-13-14-15-16-17-18-19-24(26)28-23(20-25)21-27-22(2)3/h11-12,22-23,25H,4-10,13-21H2,1-3H3. The molecule has 0 heterocycles. The highest BCUT2D eigenvalue weighted by atomic mass is 16.6. The maximum Gasteiger partial charge on any atom is 0.306 e. The van der Waals surface area contributed by atoms with Gasteiger partial charge in [-0.2, -0.15) is 0 Å². The van der Waals surface area contributed by atoms with Crippen LogP contribution < -0.4 is 0 Å². The van der Waals surface area contributed by atoms with Gasteiger partial charge < -0.3 is 14.6 Å². The van der Waals surface area contributed by atoms with Crippen LogP contribution in [0.25, 0.3) is 0 Å². The first-order valence-electron chi connectivity index (χ1n) is 11.7. The van der Waals surface area contributed by atoms with Crippen LogP contribution in [0.15, 0.2) is 12.2 Å². The van der Waals surface area contributed by atoms with E-state index in [2.05, 4.69) is 19.1 Å². The minimum absolute atomic E-state index is 0.0677. The third kappa shape index (κ3) is 19.9. The number of hydrogen-bond donors (Lipinski definition) is 1. The highest BCUT2D eigenvalue weighted by Crippen LogP contribution is 2.10. The number of aliphatic hydroxyl groups is 1. The average Bonchev–Trinajstić information content (AvgIpc) is 2.68. The highest BCUT2D eigenvalue weighted by molar-refractivity contribution is 5.69. The lowest BCUT2D eigenvalue weighted by molar-refractivity contribution is -0.155. The largest absolute Gasteiger partial charge is 0.457 e. The van der Waals surface area contributed by atoms with Crippen LogP contribution in [0.4, 0.5) is 0 Å². The summed E-state index contributed by atoms with van der Waals surface area (Å²) in [6, 6.07) is 0. The van der Waals surface area contributed by atoms with Gasteiger partial charge in [-0.3, -0.25) is 4.79 Å². The molecule has 0 aromatic carbocycles. The van der Waals surface area contributed by atoms with E-state index in [4.69, 9.17) is 9.47 Å². The Morgan fingerprint density at radius 3 is 1.93 bits per heavy atom. The maximum absolute atomic E-state index is 11.8. The molecule has 4 nitrogen and oxygen atoms in total. The second-order valence-electron chi connectivity index (χ2n) is 8.01. The Bertz CT molecular complexity index is 366. The molecule has 0 bridgehead atoms. The molecule has 0 aliphatic carbocycles. The molecule has 0 rings (SSSR count). The predicted molar refractivity (Wildman–Crippen MR) is 118 cm³/mol. The van der Waals surface area contributed by atoms with E-state index < -0.39 is 6.10 Å². The zero-order valence-electron chi connectivity index (χ0n) is 18.8. The molecule has 0 aromatic heterocycles. The first kappa shape index (κ1) is 27.1. The van der Waals surface area contributed by atoms with Gasteiger partial charge in [0, 0.05) is 6.42 Å². The summed E-state index contributed by atoms with van der Waals surface area (Å²) in [5.41, 5.74) is 0. The Morgan fingerprint density at radius 1 is 0.857 bits per heavy atom. The summed E-state index contributed by atoms with van der Waals surface area (Å²) >= 11 is 0. The van der Waals surface area contributed by atoms with Crippen molar-refractivity contribution in [1.29, 1.82) is 0 Å². The first-order valence-corrected chi connectivity index (χ1v) is 11.7. The van der Waals surface area contributed by atoms with Gasteiger partial charge in [-0.1, -0.05) is 70.4 Å². The Balaban J connectivity index is 3.42. The number of carbonyl (C=O) groups excluding carboxylic acids is 1. The SMILES string of the molecule is CCCCCCCCC=CCCCCCCCC(=O)OC(CO)COC(C)C. The molecule has 0 aromatic rings. The lowest BCUT2D eigenvalue weighted by Crippen LogP contribution is -2.28. The number of allylic oxidation sites excluding steroid dienone is 2. The lowest BCUT2D eigenvalue weighted by atomic mass is 10.1. The van der Waals surface area contributed by atoms with Gasteiger partial charge in [0.15, 0.2) is 0 Å². The number of unbranched alkanes of at least 4 members (excludes halogenated alkanes) is 11. The van der Waals surface area contributed by atoms with Crippen molar-refractivity contribution in [2.75, 3.05) is 13.2 Å². The lowest BCUT2D eigenvalue weighted by Gasteiger charge is -2.17. The minimum Gasteiger partial charge on any atom is -0.457 e. The fourth-order valence-corrected chi connectivity index (χ4v) is 3.01. The third-order valence-corrected chi connectivity index (χ3v) is 4.76. The molecule has 4 heteroatoms. The maximum atomic E-state index is 11.8. The van der Waals surface area contributed by atoms with E-state index in [0.717, 1.165) is 12.8 Å². The second kappa shape index (κ2) is 20.9. The molecular weight excluding hydrogens is 352 g/mol. The van der Waals surface area contributed by atoms with E-state index in [9.17, 15) is 9.90 Å². The molecule has 1 atom stereocenters. The Morgan fingerprint density at radius 2 is 1.39 bits per heavy atom. The quantitative estimate of drug-likeness (QED) is 0.147. The first-order chi connectivity index (χ1) is 13.6. The van der Waals surface area contributed by atoms with E-state index in [1.54, 1.807) is 0 Å². The molecule has 0 amide bonds. The Kier molecular flexibility index (Phi) is 20.2. The van der Waals surface area contributed by atoms with Crippen LogP contribution in [-0.2, 0) is 14.3 Å². The van der Waals surface area contributed by atoms with Gasteiger partial charge in [-0.05, 0) is 46.0 Å². The average molecular weight is 399 g/mol. The van der Waals surface area contributed by atoms with Crippen LogP contribution >= 0.6 is 0 Å². The van der Waals surface area contributed by atoms with Gasteiger partial charge >= 0.3 is 5.97 Å². The highest BCUT2D eigenvalue weighted by Gasteiger charge is 2.14. The molecule has 1 unspecified atom stereocenters. The molecule has 0 aliphatic rings. The number of esters is 1. The molecule has 1 N–H and O–H groups in total. The molecule has 166 valence electrons. The van der Waals surface area contributed by atoms with E-state index in [1.807, 2.05) is 13.8 Å². The van der Waals surface area contributed by atoms with Gasteiger partial charge in [0.05, 0.1) is 19.3 Å². The van der Waals surface area contributed by atoms with Crippen LogP contribution in [0.1, 0.15) is 111 Å². The zero-order chi connectivity index (χ0) is 20.9. The van der Waals surface area contributed by atoms with Crippen molar-refractivity contribution >= 4 is 5.97 Å². The normalized spacial score (nSPS) is 12.8. The monoisotopic (exact) mass is 398 g/mol. The van der Waals surface area contributed by atoms with Crippen molar-refractivity contribution in [1.82, 2.24) is 0 Å². The summed E-state index contributed by atoms with van der Waals surface area (Å²) in [7, 11) is 0. The van der Waals surface area contributed by atoms with Gasteiger partial charge in [0.25, 0.3) is 0 Å². The van der Waals surface area contributed by atoms with Crippen LogP contribution in [0, 0.1) is 0 Å². The third-order valence-electron chi connectivity index (χ3n) is 4.76. The topological polar surface area (TPSA) is 55.8 Å². The number of carbonyl (C=O) groups is 1. The molecule has 0 spiro atoms. The van der Waals surface area contributed by atoms with Gasteiger partial charge in [-0.25, -0.2) is 0 Å². The molecule has 0 saturated carbocycles. The number of rotatable bonds is 20. The summed E-state index contributed by atoms with van der Waals surface area (Å²) in [5.74, 6) is -0.232. The summed E-state index contributed by atoms with van der Waals surface area (Å²) in [6.07, 6.45) is 20.8. The Hall–Kier alpha value is -0.870. The molecular formula is C24H46O4. The van der Waals surface area contributed by atoms with Crippen LogP contribution in [0.5, 0.6) is 0 Å². The van der Waals surface area contributed by atoms with E-state index in [-0.39, 0.29) is 25.3 Å². The summed E-state index contributed by atoms with van der Waals surface area (Å²) < 4.78 is 10.6. The van der Waals surface area contributed by atoms with Crippen molar-refractivity contribution in [3.05, 3.63) is 12.2 Å². The van der Waals surface area contributed by atoms with Gasteiger partial charge in [0.1, 0.15) is 6.10 Å². The zero-order valence-corrected chi connectivity index (χ0v) is 18.8. The molecule has 0 saturated heterocycles. The molecule has 0 aliphatic heterocycles. The smallest absolute Gasteiger partial charge is 0.306 e. The van der Waals surface area contributed by atoms with Crippen molar-refractivity contribution < 1.29 is 19.4 Å². The summed E-state index contributed by atoms with van der Waals surface area (Å²) in [4.78, 5) is 11.8. The summed E-state index contributed by atoms with van der Waals surface area (Å²) in [6.45, 7) is 6.16. The fraction of sp³-hybridized carbons (Fsp3) is 0.875. The second-order valence-corrected chi connectivity index (χ2v) is 8.01. The van der Waals surface area contributed by atoms with Gasteiger partial charge in [0.2, 0.25) is 0 Å². The van der Waals surface area contributed by atoms with Gasteiger partial charge in [-0.15, -0.1) is 0 Å². The van der Waals surface area contributed by atoms with Crippen LogP contribution in [0.2, 0.25) is 0 Å². The van der Waals surface area contributed by atoms with Crippen molar-refractivity contribution in [2.24, 2.45) is 0 Å². The van der Waals surface area contributed by atoms with E-state index in [0.29, 0.717) is 6.42 Å². The molecule has 0 radical (unpaired) electrons. The van der Waals surface area contributed by atoms with Crippen LogP contribution in [-0.4, -0.2) is 36.5 Å². The van der Waals surface area contributed by atoms with Crippen molar-refractivity contribution in [3.8, 4) is 0 Å². The van der Waals surface area contributed by atoms with Crippen molar-refractivity contribution in [2.45, 2.75) is 123 Å².